The second-order valence-electron chi connectivity index (χ2n) is 5.58. The molecule has 1 heterocycles. The molecule has 0 aliphatic rings. The summed E-state index contributed by atoms with van der Waals surface area (Å²) < 4.78 is 1.83. The molecule has 0 saturated heterocycles. The van der Waals surface area contributed by atoms with Crippen molar-refractivity contribution < 1.29 is 4.79 Å². The largest absolute Gasteiger partial charge is 0.290 e. The SMILES string of the molecule is CCn1c(NC(=O)c2cccc(C#N)c2)nnc1SCc1ccccc1Cl. The predicted molar refractivity (Wildman–Crippen MR) is 106 cm³/mol. The van der Waals surface area contributed by atoms with Gasteiger partial charge in [0.1, 0.15) is 0 Å². The van der Waals surface area contributed by atoms with Crippen molar-refractivity contribution in [3.63, 3.8) is 0 Å². The number of amides is 1. The molecule has 0 aliphatic heterocycles. The van der Waals surface area contributed by atoms with E-state index in [9.17, 15) is 4.79 Å². The highest BCUT2D eigenvalue weighted by molar-refractivity contribution is 7.98. The number of hydrogen-bond acceptors (Lipinski definition) is 5. The molecule has 0 radical (unpaired) electrons. The van der Waals surface area contributed by atoms with Crippen LogP contribution in [0.2, 0.25) is 5.02 Å². The average molecular weight is 398 g/mol. The second-order valence-corrected chi connectivity index (χ2v) is 6.93. The van der Waals surface area contributed by atoms with E-state index in [1.165, 1.54) is 17.8 Å². The monoisotopic (exact) mass is 397 g/mol. The number of hydrogen-bond donors (Lipinski definition) is 1. The zero-order chi connectivity index (χ0) is 19.2. The van der Waals surface area contributed by atoms with E-state index in [0.29, 0.717) is 39.6 Å². The highest BCUT2D eigenvalue weighted by Gasteiger charge is 2.15. The first-order chi connectivity index (χ1) is 13.1. The molecule has 6 nitrogen and oxygen atoms in total. The first-order valence-electron chi connectivity index (χ1n) is 8.23. The number of halogens is 1. The van der Waals surface area contributed by atoms with Gasteiger partial charge in [0.05, 0.1) is 11.6 Å². The molecular weight excluding hydrogens is 382 g/mol. The molecule has 0 spiro atoms. The van der Waals surface area contributed by atoms with E-state index in [2.05, 4.69) is 15.5 Å². The lowest BCUT2D eigenvalue weighted by Gasteiger charge is -2.09. The van der Waals surface area contributed by atoms with Crippen LogP contribution >= 0.6 is 23.4 Å². The molecule has 0 fully saturated rings. The quantitative estimate of drug-likeness (QED) is 0.624. The summed E-state index contributed by atoms with van der Waals surface area (Å²) in [6.45, 7) is 2.56. The maximum absolute atomic E-state index is 12.5. The molecule has 8 heteroatoms. The van der Waals surface area contributed by atoms with Gasteiger partial charge in [-0.15, -0.1) is 10.2 Å². The van der Waals surface area contributed by atoms with Crippen LogP contribution in [0.3, 0.4) is 0 Å². The van der Waals surface area contributed by atoms with Gasteiger partial charge in [0.2, 0.25) is 5.95 Å². The molecule has 136 valence electrons. The Morgan fingerprint density at radius 2 is 2.07 bits per heavy atom. The van der Waals surface area contributed by atoms with E-state index in [1.807, 2.05) is 41.8 Å². The van der Waals surface area contributed by atoms with E-state index >= 15 is 0 Å². The fourth-order valence-electron chi connectivity index (χ4n) is 2.43. The zero-order valence-electron chi connectivity index (χ0n) is 14.5. The summed E-state index contributed by atoms with van der Waals surface area (Å²) in [6, 6.07) is 16.2. The minimum atomic E-state index is -0.336. The van der Waals surface area contributed by atoms with Gasteiger partial charge < -0.3 is 0 Å². The Hall–Kier alpha value is -2.82. The van der Waals surface area contributed by atoms with E-state index in [4.69, 9.17) is 16.9 Å². The number of aromatic nitrogens is 3. The Morgan fingerprint density at radius 3 is 2.81 bits per heavy atom. The molecule has 0 aliphatic carbocycles. The first kappa shape index (κ1) is 19.0. The highest BCUT2D eigenvalue weighted by atomic mass is 35.5. The molecular formula is C19H16ClN5OS. The Kier molecular flexibility index (Phi) is 6.12. The van der Waals surface area contributed by atoms with Crippen LogP contribution in [0.1, 0.15) is 28.4 Å². The van der Waals surface area contributed by atoms with Gasteiger partial charge in [0.15, 0.2) is 5.16 Å². The Morgan fingerprint density at radius 1 is 1.26 bits per heavy atom. The van der Waals surface area contributed by atoms with Gasteiger partial charge in [-0.05, 0) is 36.8 Å². The summed E-state index contributed by atoms with van der Waals surface area (Å²) in [4.78, 5) is 12.5. The summed E-state index contributed by atoms with van der Waals surface area (Å²) >= 11 is 7.69. The van der Waals surface area contributed by atoms with Crippen LogP contribution in [0.15, 0.2) is 53.7 Å². The van der Waals surface area contributed by atoms with Crippen molar-refractivity contribution in [2.24, 2.45) is 0 Å². The van der Waals surface area contributed by atoms with Gasteiger partial charge >= 0.3 is 0 Å². The highest BCUT2D eigenvalue weighted by Crippen LogP contribution is 2.27. The van der Waals surface area contributed by atoms with Crippen molar-refractivity contribution in [2.75, 3.05) is 5.32 Å². The van der Waals surface area contributed by atoms with Crippen LogP contribution in [-0.4, -0.2) is 20.7 Å². The molecule has 0 atom stereocenters. The lowest BCUT2D eigenvalue weighted by atomic mass is 10.1. The normalized spacial score (nSPS) is 10.4. The van der Waals surface area contributed by atoms with E-state index < -0.39 is 0 Å². The maximum atomic E-state index is 12.5. The maximum Gasteiger partial charge on any atom is 0.258 e. The molecule has 1 N–H and O–H groups in total. The molecule has 0 unspecified atom stereocenters. The van der Waals surface area contributed by atoms with Gasteiger partial charge in [0.25, 0.3) is 5.91 Å². The summed E-state index contributed by atoms with van der Waals surface area (Å²) in [5.41, 5.74) is 1.83. The number of benzene rings is 2. The summed E-state index contributed by atoms with van der Waals surface area (Å²) in [5.74, 6) is 0.680. The van der Waals surface area contributed by atoms with Crippen molar-refractivity contribution in [1.82, 2.24) is 14.8 Å². The molecule has 1 aromatic heterocycles. The summed E-state index contributed by atoms with van der Waals surface area (Å²) in [7, 11) is 0. The van der Waals surface area contributed by atoms with Crippen LogP contribution in [0.4, 0.5) is 5.95 Å². The third-order valence-electron chi connectivity index (χ3n) is 3.83. The standard InChI is InChI=1S/C19H16ClN5OS/c1-2-25-18(22-17(26)14-8-5-6-13(10-14)11-21)23-24-19(25)27-12-15-7-3-4-9-16(15)20/h3-10H,2,12H2,1H3,(H,22,23,26). The van der Waals surface area contributed by atoms with Crippen LogP contribution in [0, 0.1) is 11.3 Å². The topological polar surface area (TPSA) is 83.6 Å². The summed E-state index contributed by atoms with van der Waals surface area (Å²) in [6.07, 6.45) is 0. The molecule has 1 amide bonds. The zero-order valence-corrected chi connectivity index (χ0v) is 16.1. The van der Waals surface area contributed by atoms with Gasteiger partial charge in [0, 0.05) is 22.9 Å². The fraction of sp³-hybridized carbons (Fsp3) is 0.158. The van der Waals surface area contributed by atoms with Crippen LogP contribution < -0.4 is 5.32 Å². The van der Waals surface area contributed by atoms with Gasteiger partial charge in [-0.3, -0.25) is 14.7 Å². The van der Waals surface area contributed by atoms with E-state index in [-0.39, 0.29) is 5.91 Å². The second kappa shape index (κ2) is 8.71. The van der Waals surface area contributed by atoms with Crippen molar-refractivity contribution in [3.8, 4) is 6.07 Å². The van der Waals surface area contributed by atoms with Crippen LogP contribution in [-0.2, 0) is 12.3 Å². The minimum Gasteiger partial charge on any atom is -0.290 e. The van der Waals surface area contributed by atoms with E-state index in [1.54, 1.807) is 18.2 Å². The Labute approximate surface area is 166 Å². The average Bonchev–Trinajstić information content (AvgIpc) is 3.08. The number of anilines is 1. The number of rotatable bonds is 6. The lowest BCUT2D eigenvalue weighted by molar-refractivity contribution is 0.102. The smallest absolute Gasteiger partial charge is 0.258 e. The van der Waals surface area contributed by atoms with Crippen molar-refractivity contribution in [1.29, 1.82) is 5.26 Å². The molecule has 0 saturated carbocycles. The Bertz CT molecular complexity index is 1010. The number of carbonyl (C=O) groups excluding carboxylic acids is 1. The minimum absolute atomic E-state index is 0.336. The number of nitrogens with one attached hydrogen (secondary N) is 1. The number of thioether (sulfide) groups is 1. The summed E-state index contributed by atoms with van der Waals surface area (Å²) in [5, 5.41) is 21.4. The predicted octanol–water partition coefficient (Wildman–Crippen LogP) is 4.37. The number of nitriles is 1. The first-order valence-corrected chi connectivity index (χ1v) is 9.59. The number of carbonyl (C=O) groups is 1. The molecule has 3 rings (SSSR count). The molecule has 3 aromatic rings. The lowest BCUT2D eigenvalue weighted by Crippen LogP contribution is -2.16. The molecule has 27 heavy (non-hydrogen) atoms. The molecule has 0 bridgehead atoms. The number of nitrogens with zero attached hydrogens (tertiary/aromatic N) is 4. The van der Waals surface area contributed by atoms with Crippen molar-refractivity contribution in [3.05, 3.63) is 70.2 Å². The molecule has 2 aromatic carbocycles. The van der Waals surface area contributed by atoms with Crippen molar-refractivity contribution >= 4 is 35.2 Å². The Balaban J connectivity index is 1.74. The van der Waals surface area contributed by atoms with E-state index in [0.717, 1.165) is 5.56 Å². The third-order valence-corrected chi connectivity index (χ3v) is 5.21. The van der Waals surface area contributed by atoms with Gasteiger partial charge in [-0.1, -0.05) is 47.6 Å². The van der Waals surface area contributed by atoms with Crippen LogP contribution in [0.25, 0.3) is 0 Å². The fourth-order valence-corrected chi connectivity index (χ4v) is 3.72. The van der Waals surface area contributed by atoms with Crippen molar-refractivity contribution in [2.45, 2.75) is 24.4 Å². The third kappa shape index (κ3) is 4.48. The van der Waals surface area contributed by atoms with Gasteiger partial charge in [-0.25, -0.2) is 0 Å². The van der Waals surface area contributed by atoms with Crippen LogP contribution in [0.5, 0.6) is 0 Å². The van der Waals surface area contributed by atoms with Gasteiger partial charge in [-0.2, -0.15) is 5.26 Å².